The van der Waals surface area contributed by atoms with E-state index in [1.165, 1.54) is 6.07 Å². The Bertz CT molecular complexity index is 1740. The summed E-state index contributed by atoms with van der Waals surface area (Å²) in [4.78, 5) is 17.5. The molecule has 0 spiro atoms. The summed E-state index contributed by atoms with van der Waals surface area (Å²) in [7, 11) is -4.03. The number of hydrogen-bond donors (Lipinski definition) is 2. The van der Waals surface area contributed by atoms with Crippen LogP contribution in [0.15, 0.2) is 68.8 Å². The summed E-state index contributed by atoms with van der Waals surface area (Å²) >= 11 is 6.06. The van der Waals surface area contributed by atoms with Crippen LogP contribution in [0, 0.1) is 18.3 Å². The zero-order chi connectivity index (χ0) is 27.8. The summed E-state index contributed by atoms with van der Waals surface area (Å²) in [6.07, 6.45) is 0. The Morgan fingerprint density at radius 3 is 2.42 bits per heavy atom. The lowest BCUT2D eigenvalue weighted by molar-refractivity contribution is 0.490. The Balaban J connectivity index is 1.88. The highest BCUT2D eigenvalue weighted by Gasteiger charge is 2.28. The summed E-state index contributed by atoms with van der Waals surface area (Å²) < 4.78 is 35.2. The minimum Gasteiger partial charge on any atom is -0.454 e. The number of pyridine rings is 1. The standard InChI is InChI=1S/C28H27ClN4O4S/c1-16-13-19(17(2)31-22-11-12-23(29)32-27(22)38(35,36)33-28(3,4)5)26-20(14-16)24(34)21(15-30)25(37-26)18-9-7-6-8-10-18/h6-14,17,31,33H,1-5H3/t17-/m1/s1. The van der Waals surface area contributed by atoms with E-state index in [2.05, 4.69) is 15.0 Å². The predicted octanol–water partition coefficient (Wildman–Crippen LogP) is 5.94. The number of sulfonamides is 1. The molecule has 0 unspecified atom stereocenters. The first kappa shape index (κ1) is 27.3. The van der Waals surface area contributed by atoms with Gasteiger partial charge in [0.05, 0.1) is 17.1 Å². The minimum atomic E-state index is -4.03. The molecule has 0 bridgehead atoms. The zero-order valence-corrected chi connectivity index (χ0v) is 23.2. The third kappa shape index (κ3) is 5.58. The van der Waals surface area contributed by atoms with Crippen molar-refractivity contribution >= 4 is 38.3 Å². The molecule has 0 saturated heterocycles. The van der Waals surface area contributed by atoms with Crippen LogP contribution in [0.5, 0.6) is 0 Å². The fraction of sp³-hybridized carbons (Fsp3) is 0.250. The summed E-state index contributed by atoms with van der Waals surface area (Å²) in [5.41, 5.74) is 1.26. The van der Waals surface area contributed by atoms with Gasteiger partial charge in [-0.1, -0.05) is 48.0 Å². The van der Waals surface area contributed by atoms with E-state index in [1.807, 2.05) is 32.0 Å². The van der Waals surface area contributed by atoms with Crippen molar-refractivity contribution in [3.05, 3.63) is 86.7 Å². The first-order chi connectivity index (χ1) is 17.8. The molecule has 0 fully saturated rings. The Labute approximate surface area is 226 Å². The van der Waals surface area contributed by atoms with Crippen LogP contribution in [-0.2, 0) is 10.0 Å². The number of rotatable bonds is 6. The van der Waals surface area contributed by atoms with E-state index >= 15 is 0 Å². The number of benzene rings is 2. The van der Waals surface area contributed by atoms with Crippen molar-refractivity contribution in [1.82, 2.24) is 9.71 Å². The van der Waals surface area contributed by atoms with Gasteiger partial charge in [0, 0.05) is 16.7 Å². The first-order valence-electron chi connectivity index (χ1n) is 11.8. The van der Waals surface area contributed by atoms with Gasteiger partial charge in [0.25, 0.3) is 10.0 Å². The highest BCUT2D eigenvalue weighted by Crippen LogP contribution is 2.33. The predicted molar refractivity (Wildman–Crippen MR) is 149 cm³/mol. The molecular formula is C28H27ClN4O4S. The Hall–Kier alpha value is -3.71. The Kier molecular flexibility index (Phi) is 7.35. The molecule has 0 amide bonds. The van der Waals surface area contributed by atoms with E-state index in [0.29, 0.717) is 16.7 Å². The van der Waals surface area contributed by atoms with Crippen LogP contribution >= 0.6 is 11.6 Å². The van der Waals surface area contributed by atoms with Crippen LogP contribution < -0.4 is 15.5 Å². The largest absolute Gasteiger partial charge is 0.454 e. The number of hydrogen-bond acceptors (Lipinski definition) is 7. The molecule has 0 aliphatic heterocycles. The molecule has 4 aromatic rings. The van der Waals surface area contributed by atoms with Crippen molar-refractivity contribution in [1.29, 1.82) is 5.26 Å². The van der Waals surface area contributed by atoms with Crippen LogP contribution in [0.1, 0.15) is 50.4 Å². The van der Waals surface area contributed by atoms with E-state index < -0.39 is 27.0 Å². The molecular weight excluding hydrogens is 524 g/mol. The van der Waals surface area contributed by atoms with Crippen LogP contribution in [0.4, 0.5) is 5.69 Å². The number of nitriles is 1. The number of nitrogens with one attached hydrogen (secondary N) is 2. The molecule has 0 radical (unpaired) electrons. The maximum atomic E-state index is 13.4. The van der Waals surface area contributed by atoms with Gasteiger partial charge >= 0.3 is 0 Å². The van der Waals surface area contributed by atoms with E-state index in [4.69, 9.17) is 16.0 Å². The van der Waals surface area contributed by atoms with Gasteiger partial charge in [-0.25, -0.2) is 18.1 Å². The van der Waals surface area contributed by atoms with Crippen molar-refractivity contribution < 1.29 is 12.8 Å². The molecule has 2 aromatic carbocycles. The number of nitrogens with zero attached hydrogens (tertiary/aromatic N) is 2. The van der Waals surface area contributed by atoms with Gasteiger partial charge in [0.1, 0.15) is 22.4 Å². The van der Waals surface area contributed by atoms with Crippen LogP contribution in [0.2, 0.25) is 5.15 Å². The smallest absolute Gasteiger partial charge is 0.260 e. The lowest BCUT2D eigenvalue weighted by atomic mass is 9.98. The van der Waals surface area contributed by atoms with Crippen LogP contribution in [0.3, 0.4) is 0 Å². The van der Waals surface area contributed by atoms with Crippen molar-refractivity contribution in [2.45, 2.75) is 51.2 Å². The Morgan fingerprint density at radius 1 is 1.11 bits per heavy atom. The van der Waals surface area contributed by atoms with Crippen molar-refractivity contribution in [2.24, 2.45) is 0 Å². The summed E-state index contributed by atoms with van der Waals surface area (Å²) in [5, 5.41) is 13.0. The molecule has 2 heterocycles. The van der Waals surface area contributed by atoms with Gasteiger partial charge in [-0.15, -0.1) is 0 Å². The third-order valence-electron chi connectivity index (χ3n) is 5.67. The lowest BCUT2D eigenvalue weighted by Crippen LogP contribution is -2.41. The van der Waals surface area contributed by atoms with Crippen molar-refractivity contribution in [3.63, 3.8) is 0 Å². The average molecular weight is 551 g/mol. The topological polar surface area (TPSA) is 125 Å². The third-order valence-corrected chi connectivity index (χ3v) is 7.58. The molecule has 196 valence electrons. The van der Waals surface area contributed by atoms with Gasteiger partial charge < -0.3 is 9.73 Å². The second kappa shape index (κ2) is 10.2. The second-order valence-corrected chi connectivity index (χ2v) is 12.0. The maximum Gasteiger partial charge on any atom is 0.260 e. The maximum absolute atomic E-state index is 13.4. The molecule has 0 saturated carbocycles. The van der Waals surface area contributed by atoms with E-state index in [1.54, 1.807) is 57.2 Å². The number of aryl methyl sites for hydroxylation is 1. The van der Waals surface area contributed by atoms with Crippen molar-refractivity contribution in [2.75, 3.05) is 5.32 Å². The van der Waals surface area contributed by atoms with Gasteiger partial charge in [0.15, 0.2) is 10.8 Å². The summed E-state index contributed by atoms with van der Waals surface area (Å²) in [5.74, 6) is 0.175. The van der Waals surface area contributed by atoms with E-state index in [-0.39, 0.29) is 32.6 Å². The van der Waals surface area contributed by atoms with Gasteiger partial charge in [-0.05, 0) is 58.4 Å². The van der Waals surface area contributed by atoms with Crippen LogP contribution in [0.25, 0.3) is 22.3 Å². The van der Waals surface area contributed by atoms with Crippen molar-refractivity contribution in [3.8, 4) is 17.4 Å². The summed E-state index contributed by atoms with van der Waals surface area (Å²) in [6.45, 7) is 8.83. The molecule has 10 heteroatoms. The zero-order valence-electron chi connectivity index (χ0n) is 21.6. The van der Waals surface area contributed by atoms with E-state index in [9.17, 15) is 18.5 Å². The monoisotopic (exact) mass is 550 g/mol. The highest BCUT2D eigenvalue weighted by atomic mass is 35.5. The normalized spacial score (nSPS) is 12.8. The number of fused-ring (bicyclic) bond motifs is 1. The van der Waals surface area contributed by atoms with Gasteiger partial charge in [-0.2, -0.15) is 5.26 Å². The highest BCUT2D eigenvalue weighted by molar-refractivity contribution is 7.89. The number of halogens is 1. The molecule has 4 rings (SSSR count). The molecule has 38 heavy (non-hydrogen) atoms. The average Bonchev–Trinajstić information content (AvgIpc) is 2.84. The molecule has 8 nitrogen and oxygen atoms in total. The number of aromatic nitrogens is 1. The fourth-order valence-corrected chi connectivity index (χ4v) is 5.92. The molecule has 2 aromatic heterocycles. The molecule has 0 aliphatic rings. The Morgan fingerprint density at radius 2 is 1.79 bits per heavy atom. The lowest BCUT2D eigenvalue weighted by Gasteiger charge is -2.23. The molecule has 2 N–H and O–H groups in total. The molecule has 1 atom stereocenters. The minimum absolute atomic E-state index is 0.0287. The first-order valence-corrected chi connectivity index (χ1v) is 13.7. The van der Waals surface area contributed by atoms with Crippen LogP contribution in [-0.4, -0.2) is 18.9 Å². The molecule has 0 aliphatic carbocycles. The summed E-state index contributed by atoms with van der Waals surface area (Å²) in [6, 6.07) is 17.0. The van der Waals surface area contributed by atoms with E-state index in [0.717, 1.165) is 5.56 Å². The SMILES string of the molecule is Cc1cc([C@@H](C)Nc2ccc(Cl)nc2S(=O)(=O)NC(C)(C)C)c2oc(-c3ccccc3)c(C#N)c(=O)c2c1. The van der Waals surface area contributed by atoms with Gasteiger partial charge in [0.2, 0.25) is 5.43 Å². The van der Waals surface area contributed by atoms with Gasteiger partial charge in [-0.3, -0.25) is 4.79 Å². The number of anilines is 1. The quantitative estimate of drug-likeness (QED) is 0.285. The fourth-order valence-electron chi connectivity index (χ4n) is 4.19. The second-order valence-electron chi connectivity index (χ2n) is 10.1.